The van der Waals surface area contributed by atoms with Gasteiger partial charge in [0.15, 0.2) is 5.03 Å². The Kier molecular flexibility index (Phi) is 7.76. The molecule has 4 N–H and O–H groups in total. The number of methoxy groups -OCH3 is 1. The van der Waals surface area contributed by atoms with Gasteiger partial charge in [-0.15, -0.1) is 0 Å². The standard InChI is InChI=1S/C14H18FN5O5/c1-25-12-5-4-9(15)7-11(12)13(22)18-10(8-21)3-2-6-17-14(16)19-20(23)24/h4-5,7-8,10H,2-3,6H2,1H3,(H,18,22)(H3,16,17,19). The summed E-state index contributed by atoms with van der Waals surface area (Å²) in [6, 6.07) is 2.62. The molecule has 25 heavy (non-hydrogen) atoms. The van der Waals surface area contributed by atoms with Gasteiger partial charge < -0.3 is 20.2 Å². The van der Waals surface area contributed by atoms with Crippen LogP contribution in [0.2, 0.25) is 0 Å². The number of amides is 1. The highest BCUT2D eigenvalue weighted by molar-refractivity contribution is 5.98. The monoisotopic (exact) mass is 355 g/mol. The van der Waals surface area contributed by atoms with Crippen LogP contribution in [0.15, 0.2) is 18.2 Å². The molecule has 0 aliphatic heterocycles. The van der Waals surface area contributed by atoms with Gasteiger partial charge in [0.1, 0.15) is 17.9 Å². The number of hydrazine groups is 1. The van der Waals surface area contributed by atoms with Crippen molar-refractivity contribution in [3.8, 4) is 5.75 Å². The molecule has 1 unspecified atom stereocenters. The second-order valence-corrected chi connectivity index (χ2v) is 4.87. The fourth-order valence-electron chi connectivity index (χ4n) is 1.94. The molecule has 0 fully saturated rings. The summed E-state index contributed by atoms with van der Waals surface area (Å²) in [6.07, 6.45) is 1.11. The Morgan fingerprint density at radius 3 is 2.84 bits per heavy atom. The molecule has 1 aromatic rings. The van der Waals surface area contributed by atoms with E-state index in [4.69, 9.17) is 10.1 Å². The largest absolute Gasteiger partial charge is 0.496 e. The smallest absolute Gasteiger partial charge is 0.255 e. The van der Waals surface area contributed by atoms with E-state index in [-0.39, 0.29) is 24.3 Å². The number of nitrogens with zero attached hydrogens (tertiary/aromatic N) is 1. The Bertz CT molecular complexity index is 654. The van der Waals surface area contributed by atoms with Crippen LogP contribution in [0.25, 0.3) is 0 Å². The van der Waals surface area contributed by atoms with Gasteiger partial charge >= 0.3 is 0 Å². The fraction of sp³-hybridized carbons (Fsp3) is 0.357. The molecule has 0 saturated carbocycles. The predicted octanol–water partition coefficient (Wildman–Crippen LogP) is 0.217. The summed E-state index contributed by atoms with van der Waals surface area (Å²) < 4.78 is 18.3. The zero-order chi connectivity index (χ0) is 18.8. The first-order valence-electron chi connectivity index (χ1n) is 7.20. The van der Waals surface area contributed by atoms with Gasteiger partial charge in [0.25, 0.3) is 11.9 Å². The van der Waals surface area contributed by atoms with Crippen molar-refractivity contribution in [2.24, 2.45) is 0 Å². The number of hydrogen-bond donors (Lipinski definition) is 4. The summed E-state index contributed by atoms with van der Waals surface area (Å²) >= 11 is 0. The first-order valence-corrected chi connectivity index (χ1v) is 7.20. The summed E-state index contributed by atoms with van der Waals surface area (Å²) in [5, 5.41) is 21.3. The SMILES string of the molecule is COc1ccc(F)cc1C(=O)NC(C=O)CCCNC(=N)N[N+](=O)[O-]. The van der Waals surface area contributed by atoms with Crippen LogP contribution in [0.4, 0.5) is 4.39 Å². The van der Waals surface area contributed by atoms with Crippen LogP contribution in [0.5, 0.6) is 5.75 Å². The topological polar surface area (TPSA) is 146 Å². The van der Waals surface area contributed by atoms with Crippen LogP contribution in [-0.4, -0.2) is 42.9 Å². The second-order valence-electron chi connectivity index (χ2n) is 4.87. The minimum Gasteiger partial charge on any atom is -0.496 e. The molecule has 1 aromatic carbocycles. The molecule has 136 valence electrons. The lowest BCUT2D eigenvalue weighted by molar-refractivity contribution is -0.525. The van der Waals surface area contributed by atoms with Crippen molar-refractivity contribution in [3.05, 3.63) is 39.7 Å². The number of nitrogens with one attached hydrogen (secondary N) is 4. The molecule has 1 rings (SSSR count). The predicted molar refractivity (Wildman–Crippen MR) is 85.4 cm³/mol. The number of guanidine groups is 1. The van der Waals surface area contributed by atoms with Crippen molar-refractivity contribution in [1.82, 2.24) is 16.1 Å². The molecule has 0 aliphatic carbocycles. The Labute approximate surface area is 142 Å². The summed E-state index contributed by atoms with van der Waals surface area (Å²) in [6.45, 7) is 0.184. The lowest BCUT2D eigenvalue weighted by Crippen LogP contribution is -2.41. The number of benzene rings is 1. The van der Waals surface area contributed by atoms with Gasteiger partial charge in [0, 0.05) is 6.54 Å². The average Bonchev–Trinajstić information content (AvgIpc) is 2.56. The van der Waals surface area contributed by atoms with Crippen molar-refractivity contribution in [1.29, 1.82) is 5.41 Å². The maximum absolute atomic E-state index is 13.3. The Morgan fingerprint density at radius 1 is 1.52 bits per heavy atom. The van der Waals surface area contributed by atoms with Gasteiger partial charge in [0.05, 0.1) is 18.7 Å². The van der Waals surface area contributed by atoms with E-state index in [9.17, 15) is 24.1 Å². The van der Waals surface area contributed by atoms with Crippen molar-refractivity contribution in [2.75, 3.05) is 13.7 Å². The van der Waals surface area contributed by atoms with Gasteiger partial charge in [-0.2, -0.15) is 0 Å². The van der Waals surface area contributed by atoms with E-state index in [2.05, 4.69) is 10.6 Å². The maximum Gasteiger partial charge on any atom is 0.255 e. The molecule has 11 heteroatoms. The Balaban J connectivity index is 2.52. The molecule has 0 aromatic heterocycles. The lowest BCUT2D eigenvalue weighted by atomic mass is 10.1. The first kappa shape index (κ1) is 19.8. The summed E-state index contributed by atoms with van der Waals surface area (Å²) in [7, 11) is 1.33. The minimum atomic E-state index is -0.879. The third-order valence-electron chi connectivity index (χ3n) is 3.08. The quantitative estimate of drug-likeness (QED) is 0.124. The van der Waals surface area contributed by atoms with Crippen molar-refractivity contribution in [3.63, 3.8) is 0 Å². The molecule has 0 saturated heterocycles. The van der Waals surface area contributed by atoms with Crippen LogP contribution in [0.3, 0.4) is 0 Å². The summed E-state index contributed by atoms with van der Waals surface area (Å²) in [5.74, 6) is -1.59. The molecule has 0 bridgehead atoms. The number of aldehydes is 1. The van der Waals surface area contributed by atoms with Crippen LogP contribution in [-0.2, 0) is 4.79 Å². The zero-order valence-electron chi connectivity index (χ0n) is 13.4. The van der Waals surface area contributed by atoms with Gasteiger partial charge in [-0.25, -0.2) is 14.5 Å². The van der Waals surface area contributed by atoms with Crippen LogP contribution < -0.4 is 20.8 Å². The number of nitro groups is 1. The molecule has 0 aliphatic rings. The van der Waals surface area contributed by atoms with Gasteiger partial charge in [0.2, 0.25) is 0 Å². The highest BCUT2D eigenvalue weighted by atomic mass is 19.1. The molecule has 10 nitrogen and oxygen atoms in total. The van der Waals surface area contributed by atoms with Crippen LogP contribution in [0, 0.1) is 21.3 Å². The average molecular weight is 355 g/mol. The molecular weight excluding hydrogens is 337 g/mol. The van der Waals surface area contributed by atoms with Gasteiger partial charge in [-0.05, 0) is 31.0 Å². The van der Waals surface area contributed by atoms with Crippen LogP contribution in [0.1, 0.15) is 23.2 Å². The van der Waals surface area contributed by atoms with E-state index in [0.29, 0.717) is 12.7 Å². The van der Waals surface area contributed by atoms with E-state index in [1.807, 2.05) is 0 Å². The molecule has 0 spiro atoms. The zero-order valence-corrected chi connectivity index (χ0v) is 13.4. The fourth-order valence-corrected chi connectivity index (χ4v) is 1.94. The lowest BCUT2D eigenvalue weighted by Gasteiger charge is -2.14. The highest BCUT2D eigenvalue weighted by Gasteiger charge is 2.17. The van der Waals surface area contributed by atoms with E-state index in [0.717, 1.165) is 12.1 Å². The van der Waals surface area contributed by atoms with Crippen molar-refractivity contribution < 1.29 is 23.7 Å². The number of halogens is 1. The van der Waals surface area contributed by atoms with E-state index in [1.54, 1.807) is 5.43 Å². The summed E-state index contributed by atoms with van der Waals surface area (Å²) in [4.78, 5) is 33.4. The second kappa shape index (κ2) is 9.80. The molecule has 0 heterocycles. The number of carbonyl (C=O) groups excluding carboxylic acids is 2. The molecule has 1 atom stereocenters. The first-order chi connectivity index (χ1) is 11.9. The number of ether oxygens (including phenoxy) is 1. The minimum absolute atomic E-state index is 0.0376. The summed E-state index contributed by atoms with van der Waals surface area (Å²) in [5.41, 5.74) is 1.58. The number of hydrogen-bond acceptors (Lipinski definition) is 6. The van der Waals surface area contributed by atoms with Crippen molar-refractivity contribution in [2.45, 2.75) is 18.9 Å². The normalized spacial score (nSPS) is 11.1. The van der Waals surface area contributed by atoms with E-state index >= 15 is 0 Å². The third kappa shape index (κ3) is 6.81. The molecule has 0 radical (unpaired) electrons. The Hall–Kier alpha value is -3.24. The number of carbonyl (C=O) groups is 2. The number of rotatable bonds is 9. The Morgan fingerprint density at radius 2 is 2.24 bits per heavy atom. The maximum atomic E-state index is 13.3. The van der Waals surface area contributed by atoms with Crippen LogP contribution >= 0.6 is 0 Å². The van der Waals surface area contributed by atoms with Gasteiger partial charge in [-0.1, -0.05) is 5.43 Å². The van der Waals surface area contributed by atoms with Gasteiger partial charge in [-0.3, -0.25) is 10.2 Å². The third-order valence-corrected chi connectivity index (χ3v) is 3.08. The highest BCUT2D eigenvalue weighted by Crippen LogP contribution is 2.19. The molecular formula is C14H18FN5O5. The van der Waals surface area contributed by atoms with E-state index < -0.39 is 28.8 Å². The van der Waals surface area contributed by atoms with E-state index in [1.165, 1.54) is 13.2 Å². The molecule has 1 amide bonds. The van der Waals surface area contributed by atoms with Crippen molar-refractivity contribution >= 4 is 18.2 Å².